The summed E-state index contributed by atoms with van der Waals surface area (Å²) in [4.78, 5) is 25.1. The number of aromatic nitrogens is 2. The first kappa shape index (κ1) is 11.1. The zero-order valence-electron chi connectivity index (χ0n) is 9.53. The summed E-state index contributed by atoms with van der Waals surface area (Å²) >= 11 is 0. The molecule has 16 heavy (non-hydrogen) atoms. The maximum absolute atomic E-state index is 11.6. The molecule has 1 aromatic heterocycles. The molecule has 1 aromatic rings. The van der Waals surface area contributed by atoms with Crippen LogP contribution in [0.15, 0.2) is 15.8 Å². The van der Waals surface area contributed by atoms with Crippen LogP contribution in [-0.2, 0) is 4.74 Å². The highest BCUT2D eigenvalue weighted by atomic mass is 16.5. The van der Waals surface area contributed by atoms with Crippen molar-refractivity contribution >= 4 is 0 Å². The van der Waals surface area contributed by atoms with Crippen LogP contribution in [0.5, 0.6) is 0 Å². The second-order valence-electron chi connectivity index (χ2n) is 4.18. The van der Waals surface area contributed by atoms with Crippen molar-refractivity contribution in [3.05, 3.63) is 32.6 Å². The number of rotatable bonds is 2. The Kier molecular flexibility index (Phi) is 2.96. The smallest absolute Gasteiger partial charge is 0.330 e. The largest absolute Gasteiger partial charge is 0.355 e. The minimum atomic E-state index is -0.391. The van der Waals surface area contributed by atoms with E-state index in [0.717, 1.165) is 19.3 Å². The fourth-order valence-corrected chi connectivity index (χ4v) is 1.99. The Bertz CT molecular complexity index is 489. The summed E-state index contributed by atoms with van der Waals surface area (Å²) in [6, 6.07) is 0. The molecular formula is C11H16N2O3. The van der Waals surface area contributed by atoms with E-state index in [2.05, 4.69) is 11.9 Å². The molecule has 1 unspecified atom stereocenters. The third kappa shape index (κ3) is 1.95. The Balaban J connectivity index is 2.32. The minimum absolute atomic E-state index is 0.226. The summed E-state index contributed by atoms with van der Waals surface area (Å²) in [5.41, 5.74) is -0.188. The van der Waals surface area contributed by atoms with Crippen LogP contribution in [0.2, 0.25) is 0 Å². The van der Waals surface area contributed by atoms with Gasteiger partial charge in [0.2, 0.25) is 0 Å². The van der Waals surface area contributed by atoms with Gasteiger partial charge in [-0.15, -0.1) is 0 Å². The maximum Gasteiger partial charge on any atom is 0.330 e. The molecule has 5 nitrogen and oxygen atoms in total. The molecule has 0 saturated carbocycles. The van der Waals surface area contributed by atoms with Gasteiger partial charge >= 0.3 is 5.69 Å². The number of hydrogen-bond acceptors (Lipinski definition) is 3. The Labute approximate surface area is 93.1 Å². The number of H-pyrrole nitrogens is 1. The van der Waals surface area contributed by atoms with Crippen LogP contribution < -0.4 is 11.2 Å². The van der Waals surface area contributed by atoms with Gasteiger partial charge in [-0.05, 0) is 26.2 Å². The molecule has 0 bridgehead atoms. The van der Waals surface area contributed by atoms with Gasteiger partial charge in [-0.1, -0.05) is 6.92 Å². The molecule has 1 aliphatic rings. The van der Waals surface area contributed by atoms with Gasteiger partial charge in [0.1, 0.15) is 6.23 Å². The van der Waals surface area contributed by atoms with E-state index in [1.54, 1.807) is 13.1 Å². The van der Waals surface area contributed by atoms with Crippen LogP contribution in [0.3, 0.4) is 0 Å². The summed E-state index contributed by atoms with van der Waals surface area (Å²) in [7, 11) is 0. The van der Waals surface area contributed by atoms with Gasteiger partial charge in [-0.3, -0.25) is 14.3 Å². The van der Waals surface area contributed by atoms with Crippen molar-refractivity contribution in [3.8, 4) is 0 Å². The Hall–Kier alpha value is -1.36. The van der Waals surface area contributed by atoms with Crippen LogP contribution in [0.1, 0.15) is 38.0 Å². The minimum Gasteiger partial charge on any atom is -0.355 e. The molecule has 1 fully saturated rings. The summed E-state index contributed by atoms with van der Waals surface area (Å²) in [5.74, 6) is 0. The van der Waals surface area contributed by atoms with Crippen molar-refractivity contribution in [2.24, 2.45) is 0 Å². The van der Waals surface area contributed by atoms with E-state index in [1.165, 1.54) is 4.57 Å². The molecule has 2 atom stereocenters. The van der Waals surface area contributed by atoms with Crippen LogP contribution >= 0.6 is 0 Å². The van der Waals surface area contributed by atoms with E-state index in [-0.39, 0.29) is 17.9 Å². The Morgan fingerprint density at radius 3 is 2.88 bits per heavy atom. The number of ether oxygens (including phenoxy) is 1. The predicted octanol–water partition coefficient (Wildman–Crippen LogP) is 0.933. The normalized spacial score (nSPS) is 24.9. The van der Waals surface area contributed by atoms with Crippen LogP contribution in [0.4, 0.5) is 0 Å². The quantitative estimate of drug-likeness (QED) is 0.812. The van der Waals surface area contributed by atoms with Gasteiger partial charge in [0.05, 0.1) is 6.10 Å². The van der Waals surface area contributed by atoms with Crippen LogP contribution in [0, 0.1) is 6.92 Å². The molecule has 88 valence electrons. The van der Waals surface area contributed by atoms with Gasteiger partial charge in [-0.2, -0.15) is 0 Å². The molecule has 1 N–H and O–H groups in total. The topological polar surface area (TPSA) is 64.1 Å². The van der Waals surface area contributed by atoms with E-state index in [1.807, 2.05) is 0 Å². The molecule has 0 spiro atoms. The lowest BCUT2D eigenvalue weighted by Crippen LogP contribution is -2.33. The van der Waals surface area contributed by atoms with Gasteiger partial charge in [0, 0.05) is 11.8 Å². The molecule has 1 aliphatic heterocycles. The Morgan fingerprint density at radius 2 is 2.25 bits per heavy atom. The molecule has 0 radical (unpaired) electrons. The van der Waals surface area contributed by atoms with E-state index in [4.69, 9.17) is 4.74 Å². The van der Waals surface area contributed by atoms with Gasteiger partial charge in [-0.25, -0.2) is 4.79 Å². The van der Waals surface area contributed by atoms with E-state index in [0.29, 0.717) is 5.56 Å². The molecule has 1 saturated heterocycles. The van der Waals surface area contributed by atoms with Crippen molar-refractivity contribution in [2.45, 2.75) is 45.4 Å². The van der Waals surface area contributed by atoms with Crippen molar-refractivity contribution < 1.29 is 4.74 Å². The van der Waals surface area contributed by atoms with E-state index in [9.17, 15) is 9.59 Å². The average molecular weight is 224 g/mol. The highest BCUT2D eigenvalue weighted by Gasteiger charge is 2.26. The van der Waals surface area contributed by atoms with Crippen molar-refractivity contribution in [2.75, 3.05) is 0 Å². The number of nitrogens with one attached hydrogen (secondary N) is 1. The zero-order chi connectivity index (χ0) is 11.7. The third-order valence-corrected chi connectivity index (χ3v) is 3.00. The summed E-state index contributed by atoms with van der Waals surface area (Å²) in [6.07, 6.45) is 4.31. The average Bonchev–Trinajstić information content (AvgIpc) is 2.71. The number of nitrogens with zero attached hydrogens (tertiary/aromatic N) is 1. The van der Waals surface area contributed by atoms with Crippen molar-refractivity contribution in [3.63, 3.8) is 0 Å². The monoisotopic (exact) mass is 224 g/mol. The second kappa shape index (κ2) is 4.25. The standard InChI is InChI=1S/C11H16N2O3/c1-3-8-4-5-9(16-8)13-6-7(2)10(14)12-11(13)15/h6,8-9H,3-5H2,1-2H3,(H,12,14,15)/t8-,9?/m1/s1. The highest BCUT2D eigenvalue weighted by molar-refractivity contribution is 5.01. The first-order chi connectivity index (χ1) is 7.61. The predicted molar refractivity (Wildman–Crippen MR) is 59.5 cm³/mol. The molecule has 5 heteroatoms. The SMILES string of the molecule is CC[C@@H]1CCC(n2cc(C)c(=O)[nH]c2=O)O1. The number of hydrogen-bond donors (Lipinski definition) is 1. The summed E-state index contributed by atoms with van der Waals surface area (Å²) in [6.45, 7) is 3.75. The van der Waals surface area contributed by atoms with Gasteiger partial charge in [0.25, 0.3) is 5.56 Å². The number of aryl methyl sites for hydroxylation is 1. The van der Waals surface area contributed by atoms with Crippen molar-refractivity contribution in [1.29, 1.82) is 0 Å². The fourth-order valence-electron chi connectivity index (χ4n) is 1.99. The molecule has 0 amide bonds. The van der Waals surface area contributed by atoms with Crippen LogP contribution in [-0.4, -0.2) is 15.7 Å². The van der Waals surface area contributed by atoms with Gasteiger partial charge in [0.15, 0.2) is 0 Å². The Morgan fingerprint density at radius 1 is 1.50 bits per heavy atom. The lowest BCUT2D eigenvalue weighted by Gasteiger charge is -2.15. The summed E-state index contributed by atoms with van der Waals surface area (Å²) < 4.78 is 7.19. The first-order valence-corrected chi connectivity index (χ1v) is 5.59. The molecular weight excluding hydrogens is 208 g/mol. The van der Waals surface area contributed by atoms with Gasteiger partial charge < -0.3 is 4.74 Å². The van der Waals surface area contributed by atoms with Crippen molar-refractivity contribution in [1.82, 2.24) is 9.55 Å². The third-order valence-electron chi connectivity index (χ3n) is 3.00. The summed E-state index contributed by atoms with van der Waals surface area (Å²) in [5, 5.41) is 0. The lowest BCUT2D eigenvalue weighted by molar-refractivity contribution is -0.00211. The second-order valence-corrected chi connectivity index (χ2v) is 4.18. The van der Waals surface area contributed by atoms with E-state index < -0.39 is 5.69 Å². The van der Waals surface area contributed by atoms with Crippen LogP contribution in [0.25, 0.3) is 0 Å². The highest BCUT2D eigenvalue weighted by Crippen LogP contribution is 2.28. The number of aromatic amines is 1. The van der Waals surface area contributed by atoms with E-state index >= 15 is 0 Å². The fraction of sp³-hybridized carbons (Fsp3) is 0.636. The molecule has 2 heterocycles. The first-order valence-electron chi connectivity index (χ1n) is 5.59. The molecule has 0 aliphatic carbocycles. The zero-order valence-corrected chi connectivity index (χ0v) is 9.53. The lowest BCUT2D eigenvalue weighted by atomic mass is 10.2. The molecule has 0 aromatic carbocycles. The molecule has 2 rings (SSSR count). The maximum atomic E-state index is 11.6.